The molecule has 0 saturated heterocycles. The number of anilines is 1. The van der Waals surface area contributed by atoms with Crippen molar-refractivity contribution in [3.05, 3.63) is 98.3 Å². The van der Waals surface area contributed by atoms with Gasteiger partial charge in [-0.15, -0.1) is 11.3 Å². The predicted molar refractivity (Wildman–Crippen MR) is 127 cm³/mol. The number of furan rings is 1. The van der Waals surface area contributed by atoms with Crippen molar-refractivity contribution >= 4 is 46.3 Å². The number of hydrogen-bond donors (Lipinski definition) is 1. The maximum absolute atomic E-state index is 13.2. The zero-order chi connectivity index (χ0) is 24.1. The van der Waals surface area contributed by atoms with E-state index >= 15 is 0 Å². The van der Waals surface area contributed by atoms with E-state index in [-0.39, 0.29) is 14.8 Å². The van der Waals surface area contributed by atoms with Crippen LogP contribution in [0.5, 0.6) is 0 Å². The number of nitriles is 1. The summed E-state index contributed by atoms with van der Waals surface area (Å²) < 4.78 is 32.1. The van der Waals surface area contributed by atoms with E-state index in [1.54, 1.807) is 48.5 Å². The summed E-state index contributed by atoms with van der Waals surface area (Å²) in [5.41, 5.74) is 0.142. The lowest BCUT2D eigenvalue weighted by Crippen LogP contribution is -2.32. The van der Waals surface area contributed by atoms with Crippen LogP contribution in [0.3, 0.4) is 0 Å². The fraction of sp³-hybridized carbons (Fsp3) is 0.0417. The van der Waals surface area contributed by atoms with Crippen LogP contribution in [0.1, 0.15) is 5.76 Å². The van der Waals surface area contributed by atoms with Crippen LogP contribution >= 0.6 is 23.1 Å². The number of alkyl halides is 2. The molecule has 0 radical (unpaired) electrons. The lowest BCUT2D eigenvalue weighted by atomic mass is 10.2. The summed E-state index contributed by atoms with van der Waals surface area (Å²) in [6.07, 6.45) is 3.02. The topological polar surface area (TPSA) is 88.0 Å². The van der Waals surface area contributed by atoms with Crippen LogP contribution < -0.4 is 20.1 Å². The van der Waals surface area contributed by atoms with Crippen LogP contribution in [-0.4, -0.2) is 16.2 Å². The van der Waals surface area contributed by atoms with E-state index in [1.807, 2.05) is 6.07 Å². The zero-order valence-corrected chi connectivity index (χ0v) is 18.9. The summed E-state index contributed by atoms with van der Waals surface area (Å²) >= 11 is 1.38. The largest absolute Gasteiger partial charge is 0.465 e. The standard InChI is InChI=1S/C24H15F2N3O3S2/c25-24(26)33-18-10-8-15(9-11-18)28-21(30)19(14-27)23-29(16-5-2-1-3-6-16)22(31)20(34-23)13-17-7-4-12-32-17/h1-13,24H,(H,28,30). The fourth-order valence-electron chi connectivity index (χ4n) is 3.07. The Hall–Kier alpha value is -3.94. The van der Waals surface area contributed by atoms with Gasteiger partial charge in [-0.2, -0.15) is 14.0 Å². The summed E-state index contributed by atoms with van der Waals surface area (Å²) in [6, 6.07) is 19.7. The molecule has 10 heteroatoms. The van der Waals surface area contributed by atoms with Crippen molar-refractivity contribution in [1.29, 1.82) is 5.26 Å². The van der Waals surface area contributed by atoms with E-state index in [0.29, 0.717) is 33.8 Å². The minimum Gasteiger partial charge on any atom is -0.465 e. The molecule has 0 unspecified atom stereocenters. The summed E-state index contributed by atoms with van der Waals surface area (Å²) in [5, 5.41) is 12.4. The third kappa shape index (κ3) is 5.17. The Morgan fingerprint density at radius 1 is 1.12 bits per heavy atom. The van der Waals surface area contributed by atoms with E-state index in [0.717, 1.165) is 11.3 Å². The van der Waals surface area contributed by atoms with E-state index in [9.17, 15) is 23.6 Å². The minimum absolute atomic E-state index is 0.152. The minimum atomic E-state index is -2.56. The normalized spacial score (nSPS) is 12.5. The quantitative estimate of drug-likeness (QED) is 0.410. The van der Waals surface area contributed by atoms with Crippen LogP contribution in [0.25, 0.3) is 17.3 Å². The summed E-state index contributed by atoms with van der Waals surface area (Å²) in [7, 11) is 0. The number of benzene rings is 2. The highest BCUT2D eigenvalue weighted by atomic mass is 32.2. The molecule has 2 heterocycles. The number of rotatable bonds is 6. The molecule has 1 N–H and O–H groups in total. The Kier molecular flexibility index (Phi) is 7.06. The number of nitrogens with zero attached hydrogens (tertiary/aromatic N) is 2. The first kappa shape index (κ1) is 23.2. The Balaban J connectivity index is 1.82. The molecule has 0 fully saturated rings. The van der Waals surface area contributed by atoms with Gasteiger partial charge >= 0.3 is 0 Å². The average molecular weight is 496 g/mol. The third-order valence-electron chi connectivity index (χ3n) is 4.54. The van der Waals surface area contributed by atoms with Crippen molar-refractivity contribution in [2.45, 2.75) is 10.7 Å². The molecule has 0 atom stereocenters. The SMILES string of the molecule is N#CC(C(=O)Nc1ccc(SC(F)F)cc1)=c1sc(=Cc2ccco2)c(=O)n1-c1ccccc1. The Morgan fingerprint density at radius 3 is 2.47 bits per heavy atom. The molecule has 4 rings (SSSR count). The third-order valence-corrected chi connectivity index (χ3v) is 6.36. The number of thiazole rings is 1. The molecule has 0 aliphatic rings. The summed E-state index contributed by atoms with van der Waals surface area (Å²) in [5.74, 6) is -2.83. The summed E-state index contributed by atoms with van der Waals surface area (Å²) in [6.45, 7) is 0. The first-order chi connectivity index (χ1) is 16.5. The highest BCUT2D eigenvalue weighted by Crippen LogP contribution is 2.26. The van der Waals surface area contributed by atoms with Crippen LogP contribution in [0, 0.1) is 11.3 Å². The second-order valence-corrected chi connectivity index (χ2v) is 8.85. The van der Waals surface area contributed by atoms with E-state index in [2.05, 4.69) is 5.32 Å². The second kappa shape index (κ2) is 10.3. The van der Waals surface area contributed by atoms with E-state index < -0.39 is 17.2 Å². The number of hydrogen-bond acceptors (Lipinski definition) is 6. The molecule has 0 spiro atoms. The van der Waals surface area contributed by atoms with Gasteiger partial charge in [-0.1, -0.05) is 30.0 Å². The lowest BCUT2D eigenvalue weighted by Gasteiger charge is -2.07. The molecule has 0 aliphatic carbocycles. The zero-order valence-electron chi connectivity index (χ0n) is 17.3. The number of para-hydroxylation sites is 1. The van der Waals surface area contributed by atoms with Crippen molar-refractivity contribution in [2.75, 3.05) is 5.32 Å². The van der Waals surface area contributed by atoms with Gasteiger partial charge in [-0.3, -0.25) is 14.2 Å². The van der Waals surface area contributed by atoms with Gasteiger partial charge in [-0.05, 0) is 48.5 Å². The van der Waals surface area contributed by atoms with E-state index in [1.165, 1.54) is 35.1 Å². The van der Waals surface area contributed by atoms with Gasteiger partial charge in [0.05, 0.1) is 16.5 Å². The monoisotopic (exact) mass is 495 g/mol. The highest BCUT2D eigenvalue weighted by molar-refractivity contribution is 7.99. The number of nitrogens with one attached hydrogen (secondary N) is 1. The molecule has 4 aromatic rings. The van der Waals surface area contributed by atoms with Crippen molar-refractivity contribution in [2.24, 2.45) is 0 Å². The highest BCUT2D eigenvalue weighted by Gasteiger charge is 2.17. The van der Waals surface area contributed by atoms with Gasteiger partial charge in [0.25, 0.3) is 17.2 Å². The molecule has 0 bridgehead atoms. The summed E-state index contributed by atoms with van der Waals surface area (Å²) in [4.78, 5) is 26.6. The van der Waals surface area contributed by atoms with Crippen LogP contribution in [-0.2, 0) is 4.79 Å². The van der Waals surface area contributed by atoms with Crippen molar-refractivity contribution in [3.8, 4) is 11.8 Å². The Bertz CT molecular complexity index is 1520. The van der Waals surface area contributed by atoms with Gasteiger partial charge in [0.1, 0.15) is 16.5 Å². The molecular formula is C24H15F2N3O3S2. The van der Waals surface area contributed by atoms with Gasteiger partial charge in [-0.25, -0.2) is 0 Å². The number of amides is 1. The smallest absolute Gasteiger partial charge is 0.288 e. The molecule has 6 nitrogen and oxygen atoms in total. The molecule has 2 aromatic heterocycles. The number of halogens is 2. The maximum atomic E-state index is 13.2. The first-order valence-electron chi connectivity index (χ1n) is 9.79. The van der Waals surface area contributed by atoms with Crippen LogP contribution in [0.2, 0.25) is 0 Å². The molecule has 170 valence electrons. The Labute approximate surface area is 200 Å². The predicted octanol–water partition coefficient (Wildman–Crippen LogP) is 3.95. The van der Waals surface area contributed by atoms with Gasteiger partial charge in [0, 0.05) is 16.7 Å². The first-order valence-corrected chi connectivity index (χ1v) is 11.5. The molecule has 0 aliphatic heterocycles. The maximum Gasteiger partial charge on any atom is 0.288 e. The van der Waals surface area contributed by atoms with Crippen molar-refractivity contribution < 1.29 is 18.0 Å². The van der Waals surface area contributed by atoms with E-state index in [4.69, 9.17) is 4.42 Å². The van der Waals surface area contributed by atoms with Gasteiger partial charge in [0.15, 0.2) is 5.57 Å². The molecule has 1 amide bonds. The molecule has 0 saturated carbocycles. The fourth-order valence-corrected chi connectivity index (χ4v) is 4.65. The van der Waals surface area contributed by atoms with Crippen LogP contribution in [0.4, 0.5) is 14.5 Å². The molecule has 34 heavy (non-hydrogen) atoms. The van der Waals surface area contributed by atoms with Gasteiger partial charge in [0.2, 0.25) is 0 Å². The number of carbonyl (C=O) groups is 1. The van der Waals surface area contributed by atoms with Crippen molar-refractivity contribution in [1.82, 2.24) is 4.57 Å². The number of thioether (sulfide) groups is 1. The molecule has 2 aromatic carbocycles. The lowest BCUT2D eigenvalue weighted by molar-refractivity contribution is -0.111. The van der Waals surface area contributed by atoms with Gasteiger partial charge < -0.3 is 9.73 Å². The number of aromatic nitrogens is 1. The molecular weight excluding hydrogens is 480 g/mol. The van der Waals surface area contributed by atoms with Crippen LogP contribution in [0.15, 0.2) is 87.1 Å². The number of carbonyl (C=O) groups excluding carboxylic acids is 1. The Morgan fingerprint density at radius 2 is 1.85 bits per heavy atom. The van der Waals surface area contributed by atoms with Crippen molar-refractivity contribution in [3.63, 3.8) is 0 Å². The average Bonchev–Trinajstić information content (AvgIpc) is 3.44. The second-order valence-electron chi connectivity index (χ2n) is 6.75.